The molecule has 0 aliphatic rings. The topological polar surface area (TPSA) is 63.6 Å². The van der Waals surface area contributed by atoms with Crippen molar-refractivity contribution in [2.24, 2.45) is 0 Å². The molecule has 0 atom stereocenters. The van der Waals surface area contributed by atoms with Crippen LogP contribution in [0.2, 0.25) is 0 Å². The number of rotatable bonds is 5. The Morgan fingerprint density at radius 2 is 1.60 bits per heavy atom. The lowest BCUT2D eigenvalue weighted by atomic mass is 10.3. The van der Waals surface area contributed by atoms with Crippen LogP contribution in [0.25, 0.3) is 0 Å². The molecule has 0 aliphatic carbocycles. The predicted octanol–water partition coefficient (Wildman–Crippen LogP) is 5.07. The second kappa shape index (κ2) is 7.51. The maximum atomic E-state index is 12.7. The first-order valence-corrected chi connectivity index (χ1v) is 10.2. The van der Waals surface area contributed by atoms with Crippen molar-refractivity contribution in [2.45, 2.75) is 14.7 Å². The highest BCUT2D eigenvalue weighted by atomic mass is 79.9. The monoisotopic (exact) mass is 436 g/mol. The summed E-state index contributed by atoms with van der Waals surface area (Å²) in [4.78, 5) is 1.41. The fourth-order valence-electron chi connectivity index (χ4n) is 2.05. The molecule has 0 unspecified atom stereocenters. The molecule has 0 saturated heterocycles. The van der Waals surface area contributed by atoms with Crippen molar-refractivity contribution >= 4 is 37.8 Å². The van der Waals surface area contributed by atoms with Crippen LogP contribution in [0, 0.1) is 0 Å². The number of phenolic OH excluding ortho intramolecular Hbond substituents is 1. The molecule has 4 nitrogen and oxygen atoms in total. The zero-order valence-electron chi connectivity index (χ0n) is 12.8. The number of aromatic hydroxyl groups is 1. The molecule has 25 heavy (non-hydrogen) atoms. The number of benzene rings is 3. The van der Waals surface area contributed by atoms with Gasteiger partial charge in [-0.25, -0.2) is 0 Å². The summed E-state index contributed by atoms with van der Waals surface area (Å²) in [6, 6.07) is 19.9. The molecule has 0 aliphatic heterocycles. The van der Waals surface area contributed by atoms with Gasteiger partial charge < -0.3 is 9.29 Å². The molecule has 0 heterocycles. The number of phenols is 1. The highest BCUT2D eigenvalue weighted by Crippen LogP contribution is 2.36. The van der Waals surface area contributed by atoms with Crippen LogP contribution in [-0.2, 0) is 10.1 Å². The van der Waals surface area contributed by atoms with Crippen molar-refractivity contribution in [3.05, 3.63) is 77.3 Å². The van der Waals surface area contributed by atoms with Crippen LogP contribution in [0.4, 0.5) is 0 Å². The maximum Gasteiger partial charge on any atom is 0.340 e. The van der Waals surface area contributed by atoms with Crippen LogP contribution in [0.1, 0.15) is 0 Å². The summed E-state index contributed by atoms with van der Waals surface area (Å²) in [5.74, 6) is 0.406. The van der Waals surface area contributed by atoms with Gasteiger partial charge in [0.25, 0.3) is 0 Å². The highest BCUT2D eigenvalue weighted by Gasteiger charge is 2.22. The molecule has 0 saturated carbocycles. The summed E-state index contributed by atoms with van der Waals surface area (Å²) in [5, 5.41) is 9.38. The van der Waals surface area contributed by atoms with Crippen molar-refractivity contribution in [2.75, 3.05) is 0 Å². The van der Waals surface area contributed by atoms with Crippen molar-refractivity contribution in [3.63, 3.8) is 0 Å². The number of halogens is 1. The van der Waals surface area contributed by atoms with Crippen molar-refractivity contribution in [3.8, 4) is 11.5 Å². The zero-order valence-corrected chi connectivity index (χ0v) is 16.0. The molecule has 7 heteroatoms. The summed E-state index contributed by atoms with van der Waals surface area (Å²) >= 11 is 4.58. The second-order valence-electron chi connectivity index (χ2n) is 5.04. The first-order chi connectivity index (χ1) is 11.9. The van der Waals surface area contributed by atoms with E-state index in [2.05, 4.69) is 15.9 Å². The third-order valence-corrected chi connectivity index (χ3v) is 6.18. The SMILES string of the molecule is O=S(=O)(Oc1ccccc1)c1cc(Br)ccc1Sc1ccc(O)cc1. The van der Waals surface area contributed by atoms with Gasteiger partial charge in [0.1, 0.15) is 16.4 Å². The largest absolute Gasteiger partial charge is 0.508 e. The number of para-hydroxylation sites is 1. The van der Waals surface area contributed by atoms with Gasteiger partial charge in [0.15, 0.2) is 0 Å². The van der Waals surface area contributed by atoms with E-state index >= 15 is 0 Å². The van der Waals surface area contributed by atoms with Gasteiger partial charge in [-0.1, -0.05) is 45.9 Å². The molecule has 0 amide bonds. The van der Waals surface area contributed by atoms with Crippen LogP contribution in [0.15, 0.2) is 92.0 Å². The van der Waals surface area contributed by atoms with E-state index in [-0.39, 0.29) is 16.4 Å². The van der Waals surface area contributed by atoms with E-state index in [0.29, 0.717) is 9.37 Å². The Kier molecular flexibility index (Phi) is 5.36. The normalized spacial score (nSPS) is 11.2. The van der Waals surface area contributed by atoms with Crippen LogP contribution in [0.5, 0.6) is 11.5 Å². The first kappa shape index (κ1) is 17.8. The van der Waals surface area contributed by atoms with Gasteiger partial charge in [0.2, 0.25) is 0 Å². The summed E-state index contributed by atoms with van der Waals surface area (Å²) < 4.78 is 31.3. The Labute approximate surface area is 158 Å². The molecule has 0 radical (unpaired) electrons. The quantitative estimate of drug-likeness (QED) is 0.565. The molecule has 0 aromatic heterocycles. The minimum atomic E-state index is -3.99. The highest BCUT2D eigenvalue weighted by molar-refractivity contribution is 9.10. The number of hydrogen-bond donors (Lipinski definition) is 1. The molecule has 0 fully saturated rings. The Hall–Kier alpha value is -1.96. The first-order valence-electron chi connectivity index (χ1n) is 7.20. The van der Waals surface area contributed by atoms with E-state index in [0.717, 1.165) is 4.90 Å². The van der Waals surface area contributed by atoms with Crippen molar-refractivity contribution in [1.29, 1.82) is 0 Å². The van der Waals surface area contributed by atoms with Crippen LogP contribution >= 0.6 is 27.7 Å². The molecule has 0 bridgehead atoms. The summed E-state index contributed by atoms with van der Waals surface area (Å²) in [5.41, 5.74) is 0. The minimum absolute atomic E-state index is 0.0730. The lowest BCUT2D eigenvalue weighted by Gasteiger charge is -2.12. The average Bonchev–Trinajstić information content (AvgIpc) is 2.59. The van der Waals surface area contributed by atoms with Gasteiger partial charge in [-0.15, -0.1) is 0 Å². The molecular weight excluding hydrogens is 424 g/mol. The van der Waals surface area contributed by atoms with Crippen LogP contribution in [0.3, 0.4) is 0 Å². The Morgan fingerprint density at radius 3 is 2.28 bits per heavy atom. The smallest absolute Gasteiger partial charge is 0.340 e. The van der Waals surface area contributed by atoms with Gasteiger partial charge in [0.05, 0.1) is 0 Å². The van der Waals surface area contributed by atoms with Gasteiger partial charge in [-0.2, -0.15) is 8.42 Å². The molecule has 0 spiro atoms. The summed E-state index contributed by atoms with van der Waals surface area (Å²) in [6.07, 6.45) is 0. The maximum absolute atomic E-state index is 12.7. The molecule has 3 aromatic rings. The van der Waals surface area contributed by atoms with Gasteiger partial charge in [-0.05, 0) is 54.6 Å². The van der Waals surface area contributed by atoms with Crippen LogP contribution in [-0.4, -0.2) is 13.5 Å². The van der Waals surface area contributed by atoms with E-state index in [9.17, 15) is 13.5 Å². The Bertz CT molecular complexity index is 972. The van der Waals surface area contributed by atoms with Gasteiger partial charge >= 0.3 is 10.1 Å². The van der Waals surface area contributed by atoms with Gasteiger partial charge in [-0.3, -0.25) is 0 Å². The van der Waals surface area contributed by atoms with E-state index in [1.165, 1.54) is 17.8 Å². The fraction of sp³-hybridized carbons (Fsp3) is 0. The molecule has 3 rings (SSSR count). The molecule has 128 valence electrons. The second-order valence-corrected chi connectivity index (χ2v) is 8.58. The Balaban J connectivity index is 1.97. The fourth-order valence-corrected chi connectivity index (χ4v) is 4.86. The lowest BCUT2D eigenvalue weighted by molar-refractivity contribution is 0.474. The third kappa shape index (κ3) is 4.56. The van der Waals surface area contributed by atoms with Gasteiger partial charge in [0, 0.05) is 14.3 Å². The number of hydrogen-bond acceptors (Lipinski definition) is 5. The van der Waals surface area contributed by atoms with E-state index in [4.69, 9.17) is 4.18 Å². The van der Waals surface area contributed by atoms with Crippen molar-refractivity contribution < 1.29 is 17.7 Å². The predicted molar refractivity (Wildman–Crippen MR) is 101 cm³/mol. The standard InChI is InChI=1S/C18H13BrO4S2/c19-13-6-11-17(24-16-9-7-14(20)8-10-16)18(12-13)25(21,22)23-15-4-2-1-3-5-15/h1-12,20H. The summed E-state index contributed by atoms with van der Waals surface area (Å²) in [6.45, 7) is 0. The third-order valence-electron chi connectivity index (χ3n) is 3.19. The lowest BCUT2D eigenvalue weighted by Crippen LogP contribution is -2.11. The molecular formula is C18H13BrO4S2. The molecule has 3 aromatic carbocycles. The Morgan fingerprint density at radius 1 is 0.920 bits per heavy atom. The molecule has 1 N–H and O–H groups in total. The minimum Gasteiger partial charge on any atom is -0.508 e. The van der Waals surface area contributed by atoms with Crippen molar-refractivity contribution in [1.82, 2.24) is 0 Å². The summed E-state index contributed by atoms with van der Waals surface area (Å²) in [7, 11) is -3.99. The zero-order chi connectivity index (χ0) is 17.9. The van der Waals surface area contributed by atoms with Crippen LogP contribution < -0.4 is 4.18 Å². The van der Waals surface area contributed by atoms with E-state index in [1.807, 2.05) is 0 Å². The van der Waals surface area contributed by atoms with E-state index < -0.39 is 10.1 Å². The van der Waals surface area contributed by atoms with E-state index in [1.54, 1.807) is 66.7 Å². The average molecular weight is 437 g/mol.